The lowest BCUT2D eigenvalue weighted by atomic mass is 10.1. The average molecular weight is 583 g/mol. The molecule has 2 N–H and O–H groups in total. The van der Waals surface area contributed by atoms with E-state index < -0.39 is 12.2 Å². The van der Waals surface area contributed by atoms with Gasteiger partial charge in [-0.25, -0.2) is 0 Å². The molecule has 0 heterocycles. The van der Waals surface area contributed by atoms with Crippen LogP contribution in [0.3, 0.4) is 0 Å². The predicted molar refractivity (Wildman–Crippen MR) is 162 cm³/mol. The monoisotopic (exact) mass is 582 g/mol. The van der Waals surface area contributed by atoms with E-state index >= 15 is 0 Å². The second-order valence-corrected chi connectivity index (χ2v) is 9.81. The van der Waals surface area contributed by atoms with Gasteiger partial charge in [0.1, 0.15) is 36.9 Å². The van der Waals surface area contributed by atoms with Gasteiger partial charge in [-0.2, -0.15) is 0 Å². The minimum atomic E-state index is -0.591. The van der Waals surface area contributed by atoms with E-state index in [4.69, 9.17) is 28.4 Å². The van der Waals surface area contributed by atoms with Crippen molar-refractivity contribution in [3.8, 4) is 11.5 Å². The summed E-state index contributed by atoms with van der Waals surface area (Å²) in [5.41, 5.74) is 1.74. The zero-order chi connectivity index (χ0) is 29.5. The highest BCUT2D eigenvalue weighted by Gasteiger charge is 2.07. The van der Waals surface area contributed by atoms with Gasteiger partial charge in [-0.1, -0.05) is 66.7 Å². The van der Waals surface area contributed by atoms with Gasteiger partial charge in [0.25, 0.3) is 0 Å². The van der Waals surface area contributed by atoms with Crippen molar-refractivity contribution in [2.75, 3.05) is 66.1 Å². The second-order valence-electron chi connectivity index (χ2n) is 9.81. The third-order valence-corrected chi connectivity index (χ3v) is 6.37. The summed E-state index contributed by atoms with van der Waals surface area (Å²) in [6, 6.07) is 26.6. The number of aliphatic hydroxyl groups is 2. The van der Waals surface area contributed by atoms with Gasteiger partial charge in [0, 0.05) is 32.5 Å². The zero-order valence-electron chi connectivity index (χ0n) is 24.5. The van der Waals surface area contributed by atoms with Crippen LogP contribution in [0, 0.1) is 0 Å². The van der Waals surface area contributed by atoms with Crippen LogP contribution in [0.4, 0.5) is 0 Å². The third kappa shape index (κ3) is 14.8. The molecule has 0 fully saturated rings. The van der Waals surface area contributed by atoms with Crippen LogP contribution in [0.15, 0.2) is 84.9 Å². The summed E-state index contributed by atoms with van der Waals surface area (Å²) in [6.45, 7) is 5.00. The second kappa shape index (κ2) is 21.7. The fourth-order valence-electron chi connectivity index (χ4n) is 4.04. The van der Waals surface area contributed by atoms with Crippen molar-refractivity contribution in [3.05, 3.63) is 96.1 Å². The maximum atomic E-state index is 10.1. The first kappa shape index (κ1) is 33.5. The molecule has 3 aromatic carbocycles. The number of ether oxygens (including phenoxy) is 6. The van der Waals surface area contributed by atoms with Crippen LogP contribution in [0.5, 0.6) is 11.5 Å². The SMILES string of the molecule is OC(COCCCCOCCOc1cccc(OCCOCCCCOCC(O)c2ccccc2)c1)c1ccccc1. The summed E-state index contributed by atoms with van der Waals surface area (Å²) in [4.78, 5) is 0. The van der Waals surface area contributed by atoms with E-state index in [1.165, 1.54) is 0 Å². The van der Waals surface area contributed by atoms with Gasteiger partial charge in [-0.3, -0.25) is 0 Å². The number of aliphatic hydroxyl groups excluding tert-OH is 2. The van der Waals surface area contributed by atoms with Gasteiger partial charge in [0.05, 0.1) is 26.4 Å². The van der Waals surface area contributed by atoms with E-state index in [-0.39, 0.29) is 0 Å². The van der Waals surface area contributed by atoms with Crippen molar-refractivity contribution >= 4 is 0 Å². The van der Waals surface area contributed by atoms with Gasteiger partial charge in [0.15, 0.2) is 0 Å². The molecular formula is C34H46O8. The third-order valence-electron chi connectivity index (χ3n) is 6.37. The molecule has 8 nitrogen and oxygen atoms in total. The van der Waals surface area contributed by atoms with Gasteiger partial charge in [0.2, 0.25) is 0 Å². The van der Waals surface area contributed by atoms with E-state index in [1.54, 1.807) is 0 Å². The molecule has 3 aromatic rings. The van der Waals surface area contributed by atoms with Crippen LogP contribution in [0.25, 0.3) is 0 Å². The van der Waals surface area contributed by atoms with Gasteiger partial charge >= 0.3 is 0 Å². The van der Waals surface area contributed by atoms with E-state index in [9.17, 15) is 10.2 Å². The first-order valence-corrected chi connectivity index (χ1v) is 14.8. The Hall–Kier alpha value is -2.98. The maximum absolute atomic E-state index is 10.1. The Kier molecular flexibility index (Phi) is 17.3. The Balaban J connectivity index is 1.09. The molecule has 2 unspecified atom stereocenters. The van der Waals surface area contributed by atoms with Crippen molar-refractivity contribution in [3.63, 3.8) is 0 Å². The van der Waals surface area contributed by atoms with Gasteiger partial charge in [-0.05, 0) is 48.9 Å². The Labute approximate surface area is 250 Å². The lowest BCUT2D eigenvalue weighted by Crippen LogP contribution is -2.10. The molecule has 0 bridgehead atoms. The van der Waals surface area contributed by atoms with Gasteiger partial charge < -0.3 is 38.6 Å². The molecular weight excluding hydrogens is 536 g/mol. The van der Waals surface area contributed by atoms with Crippen LogP contribution in [-0.2, 0) is 18.9 Å². The molecule has 0 saturated heterocycles. The summed E-state index contributed by atoms with van der Waals surface area (Å²) in [5.74, 6) is 1.47. The fourth-order valence-corrected chi connectivity index (χ4v) is 4.04. The molecule has 0 saturated carbocycles. The maximum Gasteiger partial charge on any atom is 0.123 e. The van der Waals surface area contributed by atoms with Crippen LogP contribution in [0.1, 0.15) is 49.0 Å². The van der Waals surface area contributed by atoms with E-state index in [2.05, 4.69) is 0 Å². The predicted octanol–water partition coefficient (Wildman–Crippen LogP) is 5.54. The number of benzene rings is 3. The quantitative estimate of drug-likeness (QED) is 0.133. The van der Waals surface area contributed by atoms with Gasteiger partial charge in [-0.15, -0.1) is 0 Å². The minimum absolute atomic E-state index is 0.299. The standard InChI is InChI=1S/C34H46O8/c35-33(29-12-3-1-4-13-29)27-39-20-9-7-18-37-22-24-41-31-16-11-17-32(26-31)42-25-23-38-19-8-10-21-40-28-34(36)30-14-5-2-6-15-30/h1-6,11-17,26,33-36H,7-10,18-25,27-28H2. The van der Waals surface area contributed by atoms with E-state index in [0.29, 0.717) is 66.1 Å². The number of rotatable bonds is 24. The summed E-state index contributed by atoms with van der Waals surface area (Å²) in [7, 11) is 0. The molecule has 3 rings (SSSR count). The van der Waals surface area contributed by atoms with Crippen molar-refractivity contribution < 1.29 is 38.6 Å². The number of hydrogen-bond donors (Lipinski definition) is 2. The number of unbranched alkanes of at least 4 members (excludes halogenated alkanes) is 2. The minimum Gasteiger partial charge on any atom is -0.491 e. The highest BCUT2D eigenvalue weighted by molar-refractivity contribution is 5.32. The Morgan fingerprint density at radius 1 is 0.429 bits per heavy atom. The first-order valence-electron chi connectivity index (χ1n) is 14.8. The highest BCUT2D eigenvalue weighted by Crippen LogP contribution is 2.19. The molecule has 0 spiro atoms. The Morgan fingerprint density at radius 3 is 1.26 bits per heavy atom. The van der Waals surface area contributed by atoms with Crippen LogP contribution < -0.4 is 9.47 Å². The molecule has 230 valence electrons. The smallest absolute Gasteiger partial charge is 0.123 e. The van der Waals surface area contributed by atoms with Crippen molar-refractivity contribution in [1.29, 1.82) is 0 Å². The lowest BCUT2D eigenvalue weighted by molar-refractivity contribution is 0.0304. The number of hydrogen-bond acceptors (Lipinski definition) is 8. The molecule has 0 aliphatic rings. The summed E-state index contributed by atoms with van der Waals surface area (Å²) >= 11 is 0. The molecule has 0 aliphatic heterocycles. The molecule has 8 heteroatoms. The largest absolute Gasteiger partial charge is 0.491 e. The van der Waals surface area contributed by atoms with E-state index in [0.717, 1.165) is 48.3 Å². The summed E-state index contributed by atoms with van der Waals surface area (Å²) in [6.07, 6.45) is 2.34. The topological polar surface area (TPSA) is 95.8 Å². The summed E-state index contributed by atoms with van der Waals surface area (Å²) < 4.78 is 34.0. The molecule has 0 radical (unpaired) electrons. The first-order chi connectivity index (χ1) is 20.7. The Morgan fingerprint density at radius 2 is 0.833 bits per heavy atom. The zero-order valence-corrected chi connectivity index (χ0v) is 24.5. The molecule has 42 heavy (non-hydrogen) atoms. The average Bonchev–Trinajstić information content (AvgIpc) is 3.03. The molecule has 0 amide bonds. The molecule has 2 atom stereocenters. The van der Waals surface area contributed by atoms with E-state index in [1.807, 2.05) is 84.9 Å². The lowest BCUT2D eigenvalue weighted by Gasteiger charge is -2.12. The molecule has 0 aliphatic carbocycles. The van der Waals surface area contributed by atoms with Crippen LogP contribution >= 0.6 is 0 Å². The van der Waals surface area contributed by atoms with Crippen molar-refractivity contribution in [2.45, 2.75) is 37.9 Å². The van der Waals surface area contributed by atoms with Crippen molar-refractivity contribution in [2.24, 2.45) is 0 Å². The highest BCUT2D eigenvalue weighted by atomic mass is 16.5. The summed E-state index contributed by atoms with van der Waals surface area (Å²) in [5, 5.41) is 20.2. The molecule has 0 aromatic heterocycles. The Bertz CT molecular complexity index is 969. The normalized spacial score (nSPS) is 12.6. The van der Waals surface area contributed by atoms with Crippen LogP contribution in [-0.4, -0.2) is 76.3 Å². The fraction of sp³-hybridized carbons (Fsp3) is 0.471. The van der Waals surface area contributed by atoms with Crippen molar-refractivity contribution in [1.82, 2.24) is 0 Å². The van der Waals surface area contributed by atoms with Crippen LogP contribution in [0.2, 0.25) is 0 Å².